The third-order valence-corrected chi connectivity index (χ3v) is 8.57. The molecule has 6 rings (SSSR count). The molecule has 0 aliphatic carbocycles. The van der Waals surface area contributed by atoms with Gasteiger partial charge in [-0.15, -0.1) is 0 Å². The quantitative estimate of drug-likeness (QED) is 0.227. The number of rotatable bonds is 6. The van der Waals surface area contributed by atoms with Crippen LogP contribution in [0.15, 0.2) is 106 Å². The van der Waals surface area contributed by atoms with Gasteiger partial charge in [-0.25, -0.2) is 9.79 Å². The minimum absolute atomic E-state index is 0.194. The molecule has 0 bridgehead atoms. The van der Waals surface area contributed by atoms with Gasteiger partial charge in [0.15, 0.2) is 4.80 Å². The van der Waals surface area contributed by atoms with Crippen LogP contribution in [-0.2, 0) is 9.53 Å². The van der Waals surface area contributed by atoms with Gasteiger partial charge in [0.05, 0.1) is 28.5 Å². The normalized spacial score (nSPS) is 15.0. The number of hydrogen-bond donors (Lipinski definition) is 0. The first kappa shape index (κ1) is 27.7. The van der Waals surface area contributed by atoms with Crippen LogP contribution in [0.1, 0.15) is 41.0 Å². The maximum atomic E-state index is 14.2. The number of nitrogens with zero attached hydrogens (tertiary/aromatic N) is 3. The Morgan fingerprint density at radius 1 is 1.00 bits per heavy atom. The minimum atomic E-state index is -0.744. The van der Waals surface area contributed by atoms with Crippen LogP contribution < -0.4 is 14.9 Å². The van der Waals surface area contributed by atoms with E-state index in [1.807, 2.05) is 73.7 Å². The van der Waals surface area contributed by atoms with E-state index >= 15 is 0 Å². The van der Waals surface area contributed by atoms with Crippen molar-refractivity contribution in [1.29, 1.82) is 0 Å². The van der Waals surface area contributed by atoms with Crippen molar-refractivity contribution in [1.82, 2.24) is 9.13 Å². The zero-order chi connectivity index (χ0) is 29.4. The number of aromatic nitrogens is 2. The topological polar surface area (TPSA) is 65.6 Å². The second-order valence-electron chi connectivity index (χ2n) is 9.98. The summed E-state index contributed by atoms with van der Waals surface area (Å²) in [5.74, 6) is -0.513. The molecule has 6 nitrogen and oxygen atoms in total. The number of hydrogen-bond acceptors (Lipinski definition) is 5. The molecular weight excluding hydrogens is 566 g/mol. The zero-order valence-corrected chi connectivity index (χ0v) is 24.9. The average molecular weight is 594 g/mol. The van der Waals surface area contributed by atoms with Gasteiger partial charge in [0.2, 0.25) is 0 Å². The van der Waals surface area contributed by atoms with E-state index in [4.69, 9.17) is 21.3 Å². The lowest BCUT2D eigenvalue weighted by Gasteiger charge is -2.25. The highest BCUT2D eigenvalue weighted by molar-refractivity contribution is 7.07. The number of benzene rings is 3. The van der Waals surface area contributed by atoms with Gasteiger partial charge in [-0.1, -0.05) is 83.6 Å². The molecular formula is C34H28ClN3O3S. The summed E-state index contributed by atoms with van der Waals surface area (Å²) in [5, 5.41) is 0.560. The van der Waals surface area contributed by atoms with Crippen LogP contribution >= 0.6 is 22.9 Å². The first-order valence-corrected chi connectivity index (χ1v) is 14.8. The summed E-state index contributed by atoms with van der Waals surface area (Å²) in [5.41, 5.74) is 6.17. The number of para-hydroxylation sites is 1. The van der Waals surface area contributed by atoms with E-state index in [1.54, 1.807) is 23.6 Å². The number of halogens is 1. The Balaban J connectivity index is 1.61. The van der Waals surface area contributed by atoms with Crippen LogP contribution in [0.25, 0.3) is 17.5 Å². The largest absolute Gasteiger partial charge is 0.463 e. The summed E-state index contributed by atoms with van der Waals surface area (Å²) in [7, 11) is 0. The second-order valence-corrected chi connectivity index (χ2v) is 11.4. The lowest BCUT2D eigenvalue weighted by molar-refractivity contribution is -0.138. The molecule has 3 aromatic carbocycles. The summed E-state index contributed by atoms with van der Waals surface area (Å²) in [6.07, 6.45) is 1.92. The molecule has 3 heterocycles. The predicted molar refractivity (Wildman–Crippen MR) is 168 cm³/mol. The summed E-state index contributed by atoms with van der Waals surface area (Å²) < 4.78 is 9.84. The molecule has 8 heteroatoms. The molecule has 0 amide bonds. The fraction of sp³-hybridized carbons (Fsp3) is 0.147. The third-order valence-electron chi connectivity index (χ3n) is 7.33. The molecule has 42 heavy (non-hydrogen) atoms. The highest BCUT2D eigenvalue weighted by Gasteiger charge is 2.35. The van der Waals surface area contributed by atoms with E-state index in [1.165, 1.54) is 11.3 Å². The number of thiazole rings is 1. The van der Waals surface area contributed by atoms with Gasteiger partial charge in [0, 0.05) is 27.7 Å². The maximum absolute atomic E-state index is 14.2. The summed E-state index contributed by atoms with van der Waals surface area (Å²) >= 11 is 7.54. The molecule has 1 atom stereocenters. The van der Waals surface area contributed by atoms with Crippen molar-refractivity contribution in [3.05, 3.63) is 149 Å². The van der Waals surface area contributed by atoms with Gasteiger partial charge < -0.3 is 9.30 Å². The van der Waals surface area contributed by atoms with Crippen LogP contribution in [0.3, 0.4) is 0 Å². The van der Waals surface area contributed by atoms with Crippen molar-refractivity contribution in [2.75, 3.05) is 6.61 Å². The third kappa shape index (κ3) is 4.95. The SMILES string of the molecule is CCOC(=O)C1=C(c2ccccc2)N=c2s/c(=C\c3cc(C)n(-c4ccccc4)c3C)c(=O)n2[C@@H]1c1ccc(Cl)cc1. The summed E-state index contributed by atoms with van der Waals surface area (Å²) in [6, 6.07) is 28.2. The molecule has 1 aliphatic heterocycles. The fourth-order valence-corrected chi connectivity index (χ4v) is 6.57. The molecule has 0 fully saturated rings. The van der Waals surface area contributed by atoms with E-state index in [2.05, 4.69) is 29.7 Å². The standard InChI is InChI=1S/C34H28ClN3O3S/c1-4-41-33(40)29-30(23-11-7-5-8-12-23)36-34-38(31(29)24-15-17-26(35)18-16-24)32(39)28(42-34)20-25-19-21(2)37(22(25)3)27-13-9-6-10-14-27/h5-20,31H,4H2,1-3H3/b28-20-/t31-/m1/s1. The van der Waals surface area contributed by atoms with Crippen molar-refractivity contribution < 1.29 is 9.53 Å². The smallest absolute Gasteiger partial charge is 0.338 e. The molecule has 1 aliphatic rings. The van der Waals surface area contributed by atoms with E-state index in [0.717, 1.165) is 33.8 Å². The Morgan fingerprint density at radius 3 is 2.33 bits per heavy atom. The Morgan fingerprint density at radius 2 is 1.67 bits per heavy atom. The lowest BCUT2D eigenvalue weighted by Crippen LogP contribution is -2.40. The van der Waals surface area contributed by atoms with Gasteiger partial charge in [-0.2, -0.15) is 0 Å². The summed E-state index contributed by atoms with van der Waals surface area (Å²) in [6.45, 7) is 6.06. The number of esters is 1. The van der Waals surface area contributed by atoms with Crippen molar-refractivity contribution >= 4 is 40.7 Å². The van der Waals surface area contributed by atoms with Crippen LogP contribution in [0.5, 0.6) is 0 Å². The maximum Gasteiger partial charge on any atom is 0.338 e. The van der Waals surface area contributed by atoms with E-state index in [0.29, 0.717) is 25.6 Å². The van der Waals surface area contributed by atoms with Crippen LogP contribution in [0, 0.1) is 13.8 Å². The van der Waals surface area contributed by atoms with Crippen molar-refractivity contribution in [3.8, 4) is 5.69 Å². The van der Waals surface area contributed by atoms with E-state index in [9.17, 15) is 9.59 Å². The van der Waals surface area contributed by atoms with E-state index in [-0.39, 0.29) is 12.2 Å². The Bertz CT molecular complexity index is 2000. The highest BCUT2D eigenvalue weighted by atomic mass is 35.5. The van der Waals surface area contributed by atoms with Gasteiger partial charge in [-0.3, -0.25) is 9.36 Å². The van der Waals surface area contributed by atoms with Gasteiger partial charge in [0.25, 0.3) is 5.56 Å². The van der Waals surface area contributed by atoms with Crippen molar-refractivity contribution in [3.63, 3.8) is 0 Å². The molecule has 0 radical (unpaired) electrons. The van der Waals surface area contributed by atoms with Crippen LogP contribution in [0.4, 0.5) is 0 Å². The lowest BCUT2D eigenvalue weighted by atomic mass is 9.93. The van der Waals surface area contributed by atoms with Crippen LogP contribution in [-0.4, -0.2) is 21.7 Å². The average Bonchev–Trinajstić information content (AvgIpc) is 3.47. The number of carbonyl (C=O) groups excluding carboxylic acids is 1. The van der Waals surface area contributed by atoms with Gasteiger partial charge in [0.1, 0.15) is 0 Å². The number of aryl methyl sites for hydroxylation is 1. The van der Waals surface area contributed by atoms with Gasteiger partial charge in [-0.05, 0) is 68.3 Å². The molecule has 0 spiro atoms. The molecule has 0 unspecified atom stereocenters. The monoisotopic (exact) mass is 593 g/mol. The molecule has 210 valence electrons. The Labute approximate surface area is 252 Å². The zero-order valence-electron chi connectivity index (χ0n) is 23.4. The molecule has 0 saturated heterocycles. The van der Waals surface area contributed by atoms with Gasteiger partial charge >= 0.3 is 5.97 Å². The predicted octanol–water partition coefficient (Wildman–Crippen LogP) is 6.00. The molecule has 2 aromatic heterocycles. The minimum Gasteiger partial charge on any atom is -0.463 e. The molecule has 0 saturated carbocycles. The molecule has 5 aromatic rings. The second kappa shape index (κ2) is 11.4. The molecule has 0 N–H and O–H groups in total. The number of carbonyl (C=O) groups is 1. The Kier molecular flexibility index (Phi) is 7.54. The highest BCUT2D eigenvalue weighted by Crippen LogP contribution is 2.35. The first-order valence-electron chi connectivity index (χ1n) is 13.7. The Hall–Kier alpha value is -4.46. The van der Waals surface area contributed by atoms with Crippen molar-refractivity contribution in [2.45, 2.75) is 26.8 Å². The van der Waals surface area contributed by atoms with E-state index < -0.39 is 12.0 Å². The first-order chi connectivity index (χ1) is 20.4. The number of fused-ring (bicyclic) bond motifs is 1. The summed E-state index contributed by atoms with van der Waals surface area (Å²) in [4.78, 5) is 33.2. The fourth-order valence-electron chi connectivity index (χ4n) is 5.45. The number of ether oxygens (including phenoxy) is 1. The van der Waals surface area contributed by atoms with Crippen molar-refractivity contribution in [2.24, 2.45) is 4.99 Å². The van der Waals surface area contributed by atoms with Crippen LogP contribution in [0.2, 0.25) is 5.02 Å².